The highest BCUT2D eigenvalue weighted by Gasteiger charge is 2.05. The molecule has 1 heterocycles. The van der Waals surface area contributed by atoms with E-state index in [1.807, 2.05) is 18.2 Å². The Hall–Kier alpha value is -2.30. The molecular weight excluding hydrogens is 262 g/mol. The van der Waals surface area contributed by atoms with Crippen LogP contribution in [0.5, 0.6) is 0 Å². The van der Waals surface area contributed by atoms with E-state index in [9.17, 15) is 13.6 Å². The van der Waals surface area contributed by atoms with Gasteiger partial charge in [-0.1, -0.05) is 12.1 Å². The first-order chi connectivity index (χ1) is 9.66. The van der Waals surface area contributed by atoms with E-state index in [1.165, 1.54) is 0 Å². The third kappa shape index (κ3) is 3.85. The van der Waals surface area contributed by atoms with Crippen molar-refractivity contribution in [2.45, 2.75) is 19.3 Å². The molecule has 1 aromatic carbocycles. The van der Waals surface area contributed by atoms with E-state index >= 15 is 0 Å². The fourth-order valence-electron chi connectivity index (χ4n) is 1.92. The standard InChI is InChI=1S/C15H14F2N2O/c16-14(17)6-1-2-7-15(20)19-13-5-3-4-11-10-18-9-8-12(11)13/h3-6,8-10H,1-2,7H2,(H,19,20). The number of benzene rings is 1. The van der Waals surface area contributed by atoms with Gasteiger partial charge in [-0.05, 0) is 31.1 Å². The van der Waals surface area contributed by atoms with Crippen LogP contribution in [0.15, 0.2) is 48.8 Å². The quantitative estimate of drug-likeness (QED) is 0.834. The van der Waals surface area contributed by atoms with Crippen LogP contribution in [0.4, 0.5) is 14.5 Å². The number of anilines is 1. The molecule has 0 unspecified atom stereocenters. The Kier molecular flexibility index (Phi) is 4.76. The van der Waals surface area contributed by atoms with Crippen LogP contribution in [0.1, 0.15) is 19.3 Å². The predicted molar refractivity (Wildman–Crippen MR) is 74.5 cm³/mol. The summed E-state index contributed by atoms with van der Waals surface area (Å²) < 4.78 is 23.7. The summed E-state index contributed by atoms with van der Waals surface area (Å²) in [6.07, 6.45) is 3.33. The zero-order chi connectivity index (χ0) is 14.4. The highest BCUT2D eigenvalue weighted by atomic mass is 19.3. The number of pyridine rings is 1. The molecule has 0 spiro atoms. The molecule has 1 aromatic heterocycles. The predicted octanol–water partition coefficient (Wildman–Crippen LogP) is 4.12. The summed E-state index contributed by atoms with van der Waals surface area (Å²) in [6, 6.07) is 7.38. The average Bonchev–Trinajstić information content (AvgIpc) is 2.44. The second-order valence-electron chi connectivity index (χ2n) is 4.34. The van der Waals surface area contributed by atoms with Crippen LogP contribution >= 0.6 is 0 Å². The number of carbonyl (C=O) groups excluding carboxylic acids is 1. The maximum Gasteiger partial charge on any atom is 0.266 e. The number of aromatic nitrogens is 1. The smallest absolute Gasteiger partial charge is 0.266 e. The SMILES string of the molecule is O=C(CCCC=C(F)F)Nc1cccc2cnccc12. The third-order valence-electron chi connectivity index (χ3n) is 2.86. The zero-order valence-corrected chi connectivity index (χ0v) is 10.8. The van der Waals surface area contributed by atoms with E-state index in [0.29, 0.717) is 12.1 Å². The maximum atomic E-state index is 11.8. The van der Waals surface area contributed by atoms with Crippen LogP contribution in [-0.2, 0) is 4.79 Å². The molecule has 2 rings (SSSR count). The van der Waals surface area contributed by atoms with Gasteiger partial charge in [0.1, 0.15) is 0 Å². The molecule has 5 heteroatoms. The summed E-state index contributed by atoms with van der Waals surface area (Å²) in [5, 5.41) is 4.64. The van der Waals surface area contributed by atoms with Gasteiger partial charge in [0.05, 0.1) is 0 Å². The van der Waals surface area contributed by atoms with Crippen LogP contribution in [0.25, 0.3) is 10.8 Å². The molecule has 0 bridgehead atoms. The highest BCUT2D eigenvalue weighted by molar-refractivity contribution is 6.01. The summed E-state index contributed by atoms with van der Waals surface area (Å²) in [4.78, 5) is 15.8. The van der Waals surface area contributed by atoms with Gasteiger partial charge in [0.15, 0.2) is 0 Å². The number of unbranched alkanes of at least 4 members (excludes halogenated alkanes) is 1. The fraction of sp³-hybridized carbons (Fsp3) is 0.200. The maximum absolute atomic E-state index is 11.8. The van der Waals surface area contributed by atoms with E-state index < -0.39 is 6.08 Å². The first-order valence-electron chi connectivity index (χ1n) is 6.30. The number of halogens is 2. The van der Waals surface area contributed by atoms with Gasteiger partial charge >= 0.3 is 0 Å². The van der Waals surface area contributed by atoms with Crippen LogP contribution in [0.2, 0.25) is 0 Å². The molecule has 0 aliphatic heterocycles. The lowest BCUT2D eigenvalue weighted by atomic mass is 10.1. The summed E-state index contributed by atoms with van der Waals surface area (Å²) in [6.45, 7) is 0. The molecule has 0 saturated carbocycles. The molecule has 0 fully saturated rings. The molecule has 3 nitrogen and oxygen atoms in total. The summed E-state index contributed by atoms with van der Waals surface area (Å²) in [7, 11) is 0. The third-order valence-corrected chi connectivity index (χ3v) is 2.86. The molecule has 0 saturated heterocycles. The monoisotopic (exact) mass is 276 g/mol. The van der Waals surface area contributed by atoms with Gasteiger partial charge in [0, 0.05) is 35.3 Å². The number of nitrogens with zero attached hydrogens (tertiary/aromatic N) is 1. The lowest BCUT2D eigenvalue weighted by molar-refractivity contribution is -0.116. The Labute approximate surface area is 115 Å². The van der Waals surface area contributed by atoms with Crippen molar-refractivity contribution >= 4 is 22.4 Å². The number of amides is 1. The molecule has 0 aliphatic carbocycles. The van der Waals surface area contributed by atoms with Crippen LogP contribution in [0.3, 0.4) is 0 Å². The first kappa shape index (κ1) is 14.1. The summed E-state index contributed by atoms with van der Waals surface area (Å²) in [5.41, 5.74) is 0.710. The van der Waals surface area contributed by atoms with E-state index in [2.05, 4.69) is 10.3 Å². The molecule has 2 aromatic rings. The molecular formula is C15H14F2N2O. The van der Waals surface area contributed by atoms with E-state index in [0.717, 1.165) is 16.8 Å². The highest BCUT2D eigenvalue weighted by Crippen LogP contribution is 2.22. The second-order valence-corrected chi connectivity index (χ2v) is 4.34. The number of allylic oxidation sites excluding steroid dienone is 1. The minimum absolute atomic E-state index is 0.179. The molecule has 1 amide bonds. The minimum atomic E-state index is -1.70. The molecule has 104 valence electrons. The van der Waals surface area contributed by atoms with Crippen molar-refractivity contribution < 1.29 is 13.6 Å². The Balaban J connectivity index is 1.98. The van der Waals surface area contributed by atoms with Crippen molar-refractivity contribution in [2.75, 3.05) is 5.32 Å². The molecule has 20 heavy (non-hydrogen) atoms. The number of hydrogen-bond donors (Lipinski definition) is 1. The molecule has 0 aliphatic rings. The number of carbonyl (C=O) groups is 1. The van der Waals surface area contributed by atoms with Crippen LogP contribution in [-0.4, -0.2) is 10.9 Å². The van der Waals surface area contributed by atoms with Crippen LogP contribution < -0.4 is 5.32 Å². The van der Waals surface area contributed by atoms with E-state index in [4.69, 9.17) is 0 Å². The number of hydrogen-bond acceptors (Lipinski definition) is 2. The fourth-order valence-corrected chi connectivity index (χ4v) is 1.92. The van der Waals surface area contributed by atoms with Crippen molar-refractivity contribution in [2.24, 2.45) is 0 Å². The van der Waals surface area contributed by atoms with Crippen molar-refractivity contribution in [1.82, 2.24) is 4.98 Å². The van der Waals surface area contributed by atoms with Gasteiger partial charge in [-0.25, -0.2) is 0 Å². The van der Waals surface area contributed by atoms with Crippen molar-refractivity contribution in [3.8, 4) is 0 Å². The van der Waals surface area contributed by atoms with Gasteiger partial charge in [-0.15, -0.1) is 0 Å². The Morgan fingerprint density at radius 1 is 1.30 bits per heavy atom. The minimum Gasteiger partial charge on any atom is -0.326 e. The van der Waals surface area contributed by atoms with Gasteiger partial charge in [-0.2, -0.15) is 8.78 Å². The normalized spacial score (nSPS) is 10.3. The van der Waals surface area contributed by atoms with Gasteiger partial charge < -0.3 is 5.32 Å². The first-order valence-corrected chi connectivity index (χ1v) is 6.30. The number of rotatable bonds is 5. The molecule has 0 radical (unpaired) electrons. The Bertz CT molecular complexity index is 631. The van der Waals surface area contributed by atoms with Crippen molar-refractivity contribution in [3.63, 3.8) is 0 Å². The zero-order valence-electron chi connectivity index (χ0n) is 10.8. The lowest BCUT2D eigenvalue weighted by Crippen LogP contribution is -2.11. The Morgan fingerprint density at radius 2 is 2.15 bits per heavy atom. The van der Waals surface area contributed by atoms with Gasteiger partial charge in [0.2, 0.25) is 5.91 Å². The molecule has 0 atom stereocenters. The van der Waals surface area contributed by atoms with Gasteiger partial charge in [0.25, 0.3) is 6.08 Å². The van der Waals surface area contributed by atoms with Crippen molar-refractivity contribution in [3.05, 3.63) is 48.8 Å². The second kappa shape index (κ2) is 6.75. The average molecular weight is 276 g/mol. The van der Waals surface area contributed by atoms with Gasteiger partial charge in [-0.3, -0.25) is 9.78 Å². The lowest BCUT2D eigenvalue weighted by Gasteiger charge is -2.08. The summed E-state index contributed by atoms with van der Waals surface area (Å²) >= 11 is 0. The van der Waals surface area contributed by atoms with Crippen molar-refractivity contribution in [1.29, 1.82) is 0 Å². The molecule has 1 N–H and O–H groups in total. The van der Waals surface area contributed by atoms with E-state index in [-0.39, 0.29) is 18.7 Å². The topological polar surface area (TPSA) is 42.0 Å². The number of fused-ring (bicyclic) bond motifs is 1. The summed E-state index contributed by atoms with van der Waals surface area (Å²) in [5.74, 6) is -0.179. The van der Waals surface area contributed by atoms with E-state index in [1.54, 1.807) is 18.5 Å². The Morgan fingerprint density at radius 3 is 2.95 bits per heavy atom. The largest absolute Gasteiger partial charge is 0.326 e. The number of nitrogens with one attached hydrogen (secondary N) is 1. The van der Waals surface area contributed by atoms with Crippen LogP contribution in [0, 0.1) is 0 Å².